The molecular weight excluding hydrogens is 432 g/mol. The third-order valence-corrected chi connectivity index (χ3v) is 6.53. The van der Waals surface area contributed by atoms with Crippen LogP contribution in [0.3, 0.4) is 0 Å². The van der Waals surface area contributed by atoms with Gasteiger partial charge in [-0.25, -0.2) is 8.78 Å². The number of benzene rings is 2. The number of hydrogen-bond donors (Lipinski definition) is 0. The number of aryl methyl sites for hydroxylation is 1. The second kappa shape index (κ2) is 8.47. The van der Waals surface area contributed by atoms with Gasteiger partial charge in [-0.2, -0.15) is 0 Å². The molecule has 32 heavy (non-hydrogen) atoms. The summed E-state index contributed by atoms with van der Waals surface area (Å²) in [5.41, 5.74) is 4.70. The number of fused-ring (bicyclic) bond motifs is 1. The maximum atomic E-state index is 13.7. The van der Waals surface area contributed by atoms with Gasteiger partial charge >= 0.3 is 0 Å². The lowest BCUT2D eigenvalue weighted by atomic mass is 10.0. The van der Waals surface area contributed by atoms with Gasteiger partial charge in [0.05, 0.1) is 5.56 Å². The van der Waals surface area contributed by atoms with Crippen molar-refractivity contribution in [1.29, 1.82) is 0 Å². The summed E-state index contributed by atoms with van der Waals surface area (Å²) in [5, 5.41) is 2.11. The lowest BCUT2D eigenvalue weighted by Gasteiger charge is -2.24. The maximum Gasteiger partial charge on any atom is 0.281 e. The van der Waals surface area contributed by atoms with Crippen LogP contribution in [0.15, 0.2) is 47.8 Å². The SMILES string of the molecule is Cc1cc(-c2ccc3c(c2)CN(C(=O)c2cc(C=O)ccc2OC(C)C(C)(F)F)C3)cs1. The molecule has 0 saturated heterocycles. The smallest absolute Gasteiger partial charge is 0.281 e. The van der Waals surface area contributed by atoms with Crippen molar-refractivity contribution in [1.82, 2.24) is 4.90 Å². The first-order valence-electron chi connectivity index (χ1n) is 10.3. The number of hydrogen-bond acceptors (Lipinski definition) is 4. The molecule has 0 N–H and O–H groups in total. The van der Waals surface area contributed by atoms with E-state index in [1.54, 1.807) is 16.2 Å². The summed E-state index contributed by atoms with van der Waals surface area (Å²) < 4.78 is 32.8. The molecule has 0 fully saturated rings. The molecule has 1 aliphatic rings. The molecule has 3 aromatic rings. The van der Waals surface area contributed by atoms with Crippen LogP contribution in [0.25, 0.3) is 11.1 Å². The Labute approximate surface area is 189 Å². The fraction of sp³-hybridized carbons (Fsp3) is 0.280. The Balaban J connectivity index is 1.60. The number of alkyl halides is 2. The van der Waals surface area contributed by atoms with Crippen LogP contribution < -0.4 is 4.74 Å². The number of carbonyl (C=O) groups is 2. The average Bonchev–Trinajstić information content (AvgIpc) is 3.38. The Morgan fingerprint density at radius 3 is 2.53 bits per heavy atom. The summed E-state index contributed by atoms with van der Waals surface area (Å²) in [6.45, 7) is 4.88. The van der Waals surface area contributed by atoms with Crippen LogP contribution in [0.2, 0.25) is 0 Å². The van der Waals surface area contributed by atoms with E-state index in [9.17, 15) is 18.4 Å². The fourth-order valence-corrected chi connectivity index (χ4v) is 4.38. The number of rotatable bonds is 6. The average molecular weight is 456 g/mol. The molecule has 4 nitrogen and oxygen atoms in total. The summed E-state index contributed by atoms with van der Waals surface area (Å²) in [6, 6.07) is 12.5. The minimum Gasteiger partial charge on any atom is -0.484 e. The molecule has 0 radical (unpaired) electrons. The standard InChI is InChI=1S/C25H23F2NO3S/c1-15-8-21(14-32-15)18-5-6-19-11-28(12-20(19)10-18)24(30)22-9-17(13-29)4-7-23(22)31-16(2)25(3,26)27/h4-10,13-14,16H,11-12H2,1-3H3. The quantitative estimate of drug-likeness (QED) is 0.421. The molecule has 2 heterocycles. The number of thiophene rings is 1. The number of aldehydes is 1. The summed E-state index contributed by atoms with van der Waals surface area (Å²) >= 11 is 1.69. The Morgan fingerprint density at radius 2 is 1.88 bits per heavy atom. The number of ether oxygens (including phenoxy) is 1. The molecule has 1 aromatic heterocycles. The second-order valence-corrected chi connectivity index (χ2v) is 9.30. The van der Waals surface area contributed by atoms with E-state index in [1.807, 2.05) is 12.1 Å². The van der Waals surface area contributed by atoms with Crippen LogP contribution in [0.1, 0.15) is 50.6 Å². The van der Waals surface area contributed by atoms with Gasteiger partial charge in [0.25, 0.3) is 11.8 Å². The molecule has 0 aliphatic carbocycles. The van der Waals surface area contributed by atoms with Crippen LogP contribution in [-0.4, -0.2) is 29.1 Å². The van der Waals surface area contributed by atoms with Gasteiger partial charge in [-0.3, -0.25) is 9.59 Å². The number of halogens is 2. The van der Waals surface area contributed by atoms with Crippen LogP contribution in [0.5, 0.6) is 5.75 Å². The zero-order chi connectivity index (χ0) is 23.0. The van der Waals surface area contributed by atoms with E-state index in [0.717, 1.165) is 29.2 Å². The first-order chi connectivity index (χ1) is 15.2. The zero-order valence-electron chi connectivity index (χ0n) is 18.0. The van der Waals surface area contributed by atoms with Gasteiger partial charge in [-0.05, 0) is 71.8 Å². The van der Waals surface area contributed by atoms with Crippen LogP contribution in [0.4, 0.5) is 8.78 Å². The third kappa shape index (κ3) is 4.43. The van der Waals surface area contributed by atoms with Crippen molar-refractivity contribution in [3.8, 4) is 16.9 Å². The zero-order valence-corrected chi connectivity index (χ0v) is 18.8. The van der Waals surface area contributed by atoms with Crippen LogP contribution >= 0.6 is 11.3 Å². The molecule has 0 spiro atoms. The largest absolute Gasteiger partial charge is 0.484 e. The summed E-state index contributed by atoms with van der Waals surface area (Å²) in [7, 11) is 0. The molecule has 2 aromatic carbocycles. The van der Waals surface area contributed by atoms with Crippen molar-refractivity contribution in [2.45, 2.75) is 45.9 Å². The second-order valence-electron chi connectivity index (χ2n) is 8.18. The summed E-state index contributed by atoms with van der Waals surface area (Å²) in [4.78, 5) is 27.5. The van der Waals surface area contributed by atoms with Crippen molar-refractivity contribution < 1.29 is 23.1 Å². The van der Waals surface area contributed by atoms with Crippen molar-refractivity contribution in [2.24, 2.45) is 0 Å². The highest BCUT2D eigenvalue weighted by molar-refractivity contribution is 7.10. The number of nitrogens with zero attached hydrogens (tertiary/aromatic N) is 1. The Morgan fingerprint density at radius 1 is 1.12 bits per heavy atom. The summed E-state index contributed by atoms with van der Waals surface area (Å²) in [6.07, 6.45) is -0.810. The summed E-state index contributed by atoms with van der Waals surface area (Å²) in [5.74, 6) is -3.40. The van der Waals surface area contributed by atoms with E-state index in [4.69, 9.17) is 4.74 Å². The molecule has 0 bridgehead atoms. The van der Waals surface area contributed by atoms with Gasteiger partial charge in [0, 0.05) is 30.5 Å². The van der Waals surface area contributed by atoms with Crippen LogP contribution in [0, 0.1) is 6.92 Å². The minimum absolute atomic E-state index is 0.0417. The van der Waals surface area contributed by atoms with Crippen molar-refractivity contribution in [3.05, 3.63) is 75.0 Å². The van der Waals surface area contributed by atoms with Crippen molar-refractivity contribution in [2.75, 3.05) is 0 Å². The molecule has 1 unspecified atom stereocenters. The Hall–Kier alpha value is -3.06. The van der Waals surface area contributed by atoms with Crippen molar-refractivity contribution >= 4 is 23.5 Å². The highest BCUT2D eigenvalue weighted by Crippen LogP contribution is 2.33. The van der Waals surface area contributed by atoms with Gasteiger partial charge in [0.1, 0.15) is 12.0 Å². The molecule has 1 amide bonds. The molecule has 1 atom stereocenters. The van der Waals surface area contributed by atoms with Crippen molar-refractivity contribution in [3.63, 3.8) is 0 Å². The predicted molar refractivity (Wildman–Crippen MR) is 121 cm³/mol. The monoisotopic (exact) mass is 455 g/mol. The van der Waals surface area contributed by atoms with Gasteiger partial charge in [-0.15, -0.1) is 11.3 Å². The molecule has 0 saturated carbocycles. The molecule has 7 heteroatoms. The highest BCUT2D eigenvalue weighted by Gasteiger charge is 2.34. The normalized spacial score (nSPS) is 14.2. The lowest BCUT2D eigenvalue weighted by molar-refractivity contribution is -0.0720. The van der Waals surface area contributed by atoms with E-state index in [-0.39, 0.29) is 22.8 Å². The van der Waals surface area contributed by atoms with E-state index in [1.165, 1.54) is 30.0 Å². The van der Waals surface area contributed by atoms with E-state index >= 15 is 0 Å². The minimum atomic E-state index is -3.08. The third-order valence-electron chi connectivity index (χ3n) is 5.67. The molecule has 4 rings (SSSR count). The van der Waals surface area contributed by atoms with E-state index in [2.05, 4.69) is 24.4 Å². The van der Waals surface area contributed by atoms with Crippen LogP contribution in [-0.2, 0) is 13.1 Å². The number of carbonyl (C=O) groups excluding carboxylic acids is 2. The molecular formula is C25H23F2NO3S. The maximum absolute atomic E-state index is 13.7. The Bertz CT molecular complexity index is 1180. The lowest BCUT2D eigenvalue weighted by Crippen LogP contribution is -2.33. The van der Waals surface area contributed by atoms with E-state index in [0.29, 0.717) is 19.4 Å². The van der Waals surface area contributed by atoms with Gasteiger partial charge in [0.15, 0.2) is 6.10 Å². The number of amides is 1. The Kier molecular flexibility index (Phi) is 5.86. The molecule has 1 aliphatic heterocycles. The first kappa shape index (κ1) is 22.1. The fourth-order valence-electron chi connectivity index (χ4n) is 3.67. The van der Waals surface area contributed by atoms with Gasteiger partial charge < -0.3 is 9.64 Å². The van der Waals surface area contributed by atoms with E-state index < -0.39 is 12.0 Å². The first-order valence-corrected chi connectivity index (χ1v) is 11.1. The van der Waals surface area contributed by atoms with Gasteiger partial charge in [-0.1, -0.05) is 12.1 Å². The highest BCUT2D eigenvalue weighted by atomic mass is 32.1. The van der Waals surface area contributed by atoms with Gasteiger partial charge in [0.2, 0.25) is 0 Å². The topological polar surface area (TPSA) is 46.6 Å². The predicted octanol–water partition coefficient (Wildman–Crippen LogP) is 6.11. The molecule has 166 valence electrons.